The van der Waals surface area contributed by atoms with Crippen molar-refractivity contribution in [2.45, 2.75) is 52.6 Å². The molecule has 20 nitrogen and oxygen atoms in total. The van der Waals surface area contributed by atoms with E-state index in [-0.39, 0.29) is 64.5 Å². The van der Waals surface area contributed by atoms with Crippen LogP contribution in [0, 0.1) is 22.0 Å². The van der Waals surface area contributed by atoms with E-state index in [1.54, 1.807) is 18.2 Å². The van der Waals surface area contributed by atoms with Crippen molar-refractivity contribution in [1.29, 1.82) is 0 Å². The van der Waals surface area contributed by atoms with Crippen LogP contribution in [0.3, 0.4) is 0 Å². The van der Waals surface area contributed by atoms with Crippen LogP contribution < -0.4 is 48.3 Å². The van der Waals surface area contributed by atoms with Crippen LogP contribution in [0.1, 0.15) is 71.0 Å². The third-order valence-corrected chi connectivity index (χ3v) is 15.1. The van der Waals surface area contributed by atoms with Gasteiger partial charge in [0.15, 0.2) is 10.3 Å². The summed E-state index contributed by atoms with van der Waals surface area (Å²) in [6.07, 6.45) is 1.45. The summed E-state index contributed by atoms with van der Waals surface area (Å²) in [7, 11) is 4.27. The molecule has 2 atom stereocenters. The third-order valence-electron chi connectivity index (χ3n) is 13.1. The zero-order valence-electron chi connectivity index (χ0n) is 44.1. The summed E-state index contributed by atoms with van der Waals surface area (Å²) in [5.41, 5.74) is 24.2. The highest BCUT2D eigenvalue weighted by Gasteiger charge is 2.25. The number of carbonyl (C=O) groups is 2. The second-order valence-corrected chi connectivity index (χ2v) is 22.1. The van der Waals surface area contributed by atoms with Crippen LogP contribution in [-0.2, 0) is 0 Å². The number of benzene rings is 4. The van der Waals surface area contributed by atoms with Gasteiger partial charge in [0.25, 0.3) is 5.69 Å². The van der Waals surface area contributed by atoms with Gasteiger partial charge in [0.2, 0.25) is 11.6 Å². The Balaban J connectivity index is 0.000000221. The predicted molar refractivity (Wildman–Crippen MR) is 311 cm³/mol. The fourth-order valence-corrected chi connectivity index (χ4v) is 10.7. The smallest absolute Gasteiger partial charge is 0.293 e. The number of piperazine rings is 2. The summed E-state index contributed by atoms with van der Waals surface area (Å²) < 4.78 is 0. The lowest BCUT2D eigenvalue weighted by Crippen LogP contribution is -2.44. The quantitative estimate of drug-likeness (QED) is 0.0143. The normalized spacial score (nSPS) is 15.0. The molecule has 76 heavy (non-hydrogen) atoms. The highest BCUT2D eigenvalue weighted by atomic mass is 32.1. The minimum Gasteiger partial charge on any atom is -0.397 e. The number of nitro benzene ring substituents is 1. The van der Waals surface area contributed by atoms with Gasteiger partial charge in [-0.3, -0.25) is 19.7 Å². The number of nitrogens with two attached hydrogens (primary N) is 3. The molecule has 2 aromatic heterocycles. The Kier molecular flexibility index (Phi) is 19.5. The van der Waals surface area contributed by atoms with Crippen LogP contribution in [0.4, 0.5) is 67.4 Å². The maximum Gasteiger partial charge on any atom is 0.293 e. The first-order chi connectivity index (χ1) is 36.4. The monoisotopic (exact) mass is 1080 g/mol. The molecule has 0 aliphatic carbocycles. The first-order valence-corrected chi connectivity index (χ1v) is 27.2. The molecule has 4 aromatic carbocycles. The highest BCUT2D eigenvalue weighted by Crippen LogP contribution is 2.35. The summed E-state index contributed by atoms with van der Waals surface area (Å²) in [6.45, 7) is 16.2. The number of carbonyl (C=O) groups excluding carboxylic acids is 2. The molecule has 2 aliphatic heterocycles. The minimum atomic E-state index is -0.544. The molecule has 0 spiro atoms. The SMILES string of the molecule is CC(C)C[C@H](CO)Nc1ccc(C(=O)c2sc(Nc3ccc(N4CCN(C)CC4)cc3)nc2N)cc1N.CC(C)C[C@H](CO)Nc1ccc(C(=O)c2sc(Nc3ccc(N4CCN(C)CC4)cc3)nc2N)cc1[N+](=O)[O-]. The standard InChI is InChI=1S/C27H35N7O4S.C27H37N7O2S/c1-17(2)14-20(16-35)29-22-9-4-18(15-23(22)34(37)38)24(36)25-26(28)31-27(39-25)30-19-5-7-21(8-6-19)33-12-10-32(3)11-13-33;1-17(2)14-20(16-35)30-23-9-4-18(15-22(23)28)24(36)25-26(29)32-27(37-25)31-19-5-7-21(8-6-19)34-12-10-33(3)11-13-34/h4-9,15,17,20,29,35H,10-14,16,28H2,1-3H3,(H,30,31);4-9,15,17,20,30,35H,10-14,16,28-29H2,1-3H3,(H,31,32)/t2*20-/m11/s1. The highest BCUT2D eigenvalue weighted by molar-refractivity contribution is 7.18. The number of aromatic nitrogens is 2. The Morgan fingerprint density at radius 3 is 1.39 bits per heavy atom. The number of nitrogens with one attached hydrogen (secondary N) is 4. The van der Waals surface area contributed by atoms with Crippen molar-refractivity contribution in [3.05, 3.63) is 116 Å². The van der Waals surface area contributed by atoms with Crippen LogP contribution in [-0.4, -0.2) is 138 Å². The zero-order valence-corrected chi connectivity index (χ0v) is 45.7. The molecule has 12 N–H and O–H groups in total. The largest absolute Gasteiger partial charge is 0.397 e. The molecular weight excluding hydrogens is 1000 g/mol. The average molecular weight is 1080 g/mol. The molecule has 2 aliphatic rings. The number of likely N-dealkylation sites (N-methyl/N-ethyl adjacent to an activating group) is 2. The number of thiazole rings is 2. The van der Waals surface area contributed by atoms with Gasteiger partial charge in [-0.15, -0.1) is 0 Å². The van der Waals surface area contributed by atoms with Crippen LogP contribution >= 0.6 is 22.7 Å². The maximum atomic E-state index is 13.3. The molecule has 22 heteroatoms. The van der Waals surface area contributed by atoms with Gasteiger partial charge in [-0.05, 0) is 118 Å². The van der Waals surface area contributed by atoms with Gasteiger partial charge in [-0.1, -0.05) is 50.4 Å². The summed E-state index contributed by atoms with van der Waals surface area (Å²) in [5.74, 6) is 0.292. The van der Waals surface area contributed by atoms with E-state index >= 15 is 0 Å². The molecule has 2 fully saturated rings. The Labute approximate surface area is 452 Å². The minimum absolute atomic E-state index is 0.00402. The molecule has 0 amide bonds. The first-order valence-electron chi connectivity index (χ1n) is 25.5. The first kappa shape index (κ1) is 56.6. The van der Waals surface area contributed by atoms with Crippen LogP contribution in [0.5, 0.6) is 0 Å². The van der Waals surface area contributed by atoms with Crippen molar-refractivity contribution in [2.75, 3.05) is 128 Å². The van der Waals surface area contributed by atoms with Gasteiger partial charge in [0, 0.05) is 104 Å². The number of nitro groups is 1. The van der Waals surface area contributed by atoms with E-state index in [1.807, 2.05) is 50.2 Å². The van der Waals surface area contributed by atoms with Crippen molar-refractivity contribution in [1.82, 2.24) is 19.8 Å². The van der Waals surface area contributed by atoms with E-state index in [2.05, 4.69) is 90.9 Å². The van der Waals surface area contributed by atoms with E-state index in [9.17, 15) is 29.9 Å². The van der Waals surface area contributed by atoms with Crippen molar-refractivity contribution in [3.63, 3.8) is 0 Å². The fourth-order valence-electron chi connectivity index (χ4n) is 8.96. The second-order valence-electron chi connectivity index (χ2n) is 20.1. The van der Waals surface area contributed by atoms with E-state index in [4.69, 9.17) is 17.2 Å². The van der Waals surface area contributed by atoms with Gasteiger partial charge >= 0.3 is 0 Å². The maximum absolute atomic E-state index is 13.3. The predicted octanol–water partition coefficient (Wildman–Crippen LogP) is 8.03. The van der Waals surface area contributed by atoms with Gasteiger partial charge in [-0.2, -0.15) is 0 Å². The van der Waals surface area contributed by atoms with E-state index in [0.717, 1.165) is 87.2 Å². The lowest BCUT2D eigenvalue weighted by molar-refractivity contribution is -0.384. The molecular formula is C54H72N14O6S2. The summed E-state index contributed by atoms with van der Waals surface area (Å²) >= 11 is 2.32. The van der Waals surface area contributed by atoms with Crippen molar-refractivity contribution in [2.24, 2.45) is 11.8 Å². The molecule has 0 bridgehead atoms. The summed E-state index contributed by atoms with van der Waals surface area (Å²) in [5, 5.41) is 44.9. The van der Waals surface area contributed by atoms with Gasteiger partial charge in [0.05, 0.1) is 29.5 Å². The Bertz CT molecular complexity index is 2900. The van der Waals surface area contributed by atoms with E-state index < -0.39 is 10.7 Å². The number of hydrogen-bond acceptors (Lipinski definition) is 21. The van der Waals surface area contributed by atoms with Crippen molar-refractivity contribution in [3.8, 4) is 0 Å². The number of nitrogen functional groups attached to an aromatic ring is 3. The number of rotatable bonds is 21. The Hall–Kier alpha value is -7.08. The number of anilines is 11. The van der Waals surface area contributed by atoms with Crippen LogP contribution in [0.25, 0.3) is 0 Å². The number of ketones is 2. The lowest BCUT2D eigenvalue weighted by atomic mass is 10.0. The number of aliphatic hydroxyl groups excluding tert-OH is 2. The van der Waals surface area contributed by atoms with E-state index in [1.165, 1.54) is 35.2 Å². The van der Waals surface area contributed by atoms with Gasteiger partial charge in [-0.25, -0.2) is 9.97 Å². The van der Waals surface area contributed by atoms with Gasteiger partial charge < -0.3 is 68.3 Å². The van der Waals surface area contributed by atoms with E-state index in [0.29, 0.717) is 50.3 Å². The van der Waals surface area contributed by atoms with Crippen molar-refractivity contribution >= 4 is 102 Å². The van der Waals surface area contributed by atoms with Crippen LogP contribution in [0.2, 0.25) is 0 Å². The Morgan fingerprint density at radius 1 is 0.618 bits per heavy atom. The summed E-state index contributed by atoms with van der Waals surface area (Å²) in [4.78, 5) is 56.3. The molecule has 6 aromatic rings. The number of aliphatic hydroxyl groups is 2. The average Bonchev–Trinajstić information content (AvgIpc) is 3.96. The molecule has 4 heterocycles. The molecule has 0 saturated carbocycles. The third kappa shape index (κ3) is 15.1. The molecule has 2 saturated heterocycles. The molecule has 8 rings (SSSR count). The van der Waals surface area contributed by atoms with Crippen molar-refractivity contribution < 1.29 is 24.7 Å². The topological polar surface area (TPSA) is 283 Å². The fraction of sp³-hybridized carbons (Fsp3) is 0.407. The van der Waals surface area contributed by atoms with Gasteiger partial charge in [0.1, 0.15) is 27.1 Å². The number of hydrogen-bond donors (Lipinski definition) is 9. The molecule has 0 radical (unpaired) electrons. The Morgan fingerprint density at radius 2 is 1.01 bits per heavy atom. The second kappa shape index (κ2) is 26.1. The zero-order chi connectivity index (χ0) is 54.6. The lowest BCUT2D eigenvalue weighted by Gasteiger charge is -2.34. The molecule has 0 unspecified atom stereocenters. The number of nitrogens with zero attached hydrogens (tertiary/aromatic N) is 7. The summed E-state index contributed by atoms with van der Waals surface area (Å²) in [6, 6.07) is 25.1. The van der Waals surface area contributed by atoms with Crippen LogP contribution in [0.15, 0.2) is 84.9 Å². The molecule has 406 valence electrons.